The second-order valence-electron chi connectivity index (χ2n) is 4.16. The fourth-order valence-electron chi connectivity index (χ4n) is 1.64. The number of carbonyl (C=O) groups excluding carboxylic acids is 1. The van der Waals surface area contributed by atoms with Gasteiger partial charge in [-0.05, 0) is 24.3 Å². The van der Waals surface area contributed by atoms with E-state index < -0.39 is 17.6 Å². The number of carbonyl (C=O) groups is 1. The van der Waals surface area contributed by atoms with Crippen molar-refractivity contribution in [3.63, 3.8) is 0 Å². The van der Waals surface area contributed by atoms with E-state index in [-0.39, 0.29) is 5.56 Å². The molecule has 7 heteroatoms. The van der Waals surface area contributed by atoms with Gasteiger partial charge >= 0.3 is 6.18 Å². The van der Waals surface area contributed by atoms with Crippen molar-refractivity contribution in [1.82, 2.24) is 15.3 Å². The number of aromatic nitrogens is 2. The van der Waals surface area contributed by atoms with Crippen LogP contribution in [0.15, 0.2) is 36.8 Å². The number of benzene rings is 1. The highest BCUT2D eigenvalue weighted by Crippen LogP contribution is 2.28. The van der Waals surface area contributed by atoms with Gasteiger partial charge in [-0.15, -0.1) is 0 Å². The molecule has 106 valence electrons. The molecular weight excluding hydrogens is 271 g/mol. The van der Waals surface area contributed by atoms with Crippen molar-refractivity contribution >= 4 is 5.91 Å². The molecule has 0 unspecified atom stereocenters. The van der Waals surface area contributed by atoms with Crippen LogP contribution in [0.4, 0.5) is 13.2 Å². The molecule has 20 heavy (non-hydrogen) atoms. The minimum atomic E-state index is -4.39. The lowest BCUT2D eigenvalue weighted by Crippen LogP contribution is -2.25. The fraction of sp³-hybridized carbons (Fsp3) is 0.231. The molecule has 1 heterocycles. The minimum absolute atomic E-state index is 0.197. The zero-order valence-electron chi connectivity index (χ0n) is 10.4. The molecule has 0 aliphatic carbocycles. The molecule has 2 rings (SSSR count). The summed E-state index contributed by atoms with van der Waals surface area (Å²) in [5.74, 6) is -0.404. The van der Waals surface area contributed by atoms with Gasteiger partial charge in [-0.1, -0.05) is 0 Å². The summed E-state index contributed by atoms with van der Waals surface area (Å²) in [6, 6.07) is 4.11. The van der Waals surface area contributed by atoms with E-state index in [1.165, 1.54) is 6.33 Å². The first kappa shape index (κ1) is 14.1. The van der Waals surface area contributed by atoms with Crippen molar-refractivity contribution < 1.29 is 18.0 Å². The van der Waals surface area contributed by atoms with E-state index >= 15 is 0 Å². The molecule has 0 bridgehead atoms. The number of hydrogen-bond donors (Lipinski definition) is 2. The lowest BCUT2D eigenvalue weighted by Gasteiger charge is -2.08. The van der Waals surface area contributed by atoms with Crippen molar-refractivity contribution in [2.45, 2.75) is 12.6 Å². The second kappa shape index (κ2) is 5.77. The quantitative estimate of drug-likeness (QED) is 0.905. The van der Waals surface area contributed by atoms with Crippen LogP contribution in [0.3, 0.4) is 0 Å². The van der Waals surface area contributed by atoms with Gasteiger partial charge in [-0.3, -0.25) is 4.79 Å². The highest BCUT2D eigenvalue weighted by atomic mass is 19.4. The van der Waals surface area contributed by atoms with Crippen molar-refractivity contribution in [3.05, 3.63) is 53.6 Å². The molecule has 0 atom stereocenters. The summed E-state index contributed by atoms with van der Waals surface area (Å²) in [4.78, 5) is 18.4. The number of imidazole rings is 1. The van der Waals surface area contributed by atoms with E-state index in [0.717, 1.165) is 30.0 Å². The predicted octanol–water partition coefficient (Wildman–Crippen LogP) is 2.40. The Bertz CT molecular complexity index is 562. The molecule has 1 aromatic carbocycles. The number of hydrogen-bond acceptors (Lipinski definition) is 2. The van der Waals surface area contributed by atoms with Gasteiger partial charge in [-0.2, -0.15) is 13.2 Å². The largest absolute Gasteiger partial charge is 0.416 e. The van der Waals surface area contributed by atoms with Gasteiger partial charge in [0.15, 0.2) is 0 Å². The summed E-state index contributed by atoms with van der Waals surface area (Å²) in [5.41, 5.74) is 0.298. The van der Waals surface area contributed by atoms with Crippen molar-refractivity contribution in [3.8, 4) is 0 Å². The van der Waals surface area contributed by atoms with E-state index in [0.29, 0.717) is 13.0 Å². The maximum absolute atomic E-state index is 12.4. The summed E-state index contributed by atoms with van der Waals surface area (Å²) in [5, 5.41) is 2.63. The third kappa shape index (κ3) is 3.59. The molecule has 4 nitrogen and oxygen atoms in total. The maximum atomic E-state index is 12.4. The SMILES string of the molecule is O=C(NCCc1cnc[nH]1)c1ccc(C(F)(F)F)cc1. The lowest BCUT2D eigenvalue weighted by atomic mass is 10.1. The van der Waals surface area contributed by atoms with Crippen LogP contribution in [-0.4, -0.2) is 22.4 Å². The molecule has 1 amide bonds. The Balaban J connectivity index is 1.89. The van der Waals surface area contributed by atoms with Crippen molar-refractivity contribution in [1.29, 1.82) is 0 Å². The Morgan fingerprint density at radius 2 is 1.95 bits per heavy atom. The Kier molecular flexibility index (Phi) is 4.07. The summed E-state index contributed by atoms with van der Waals surface area (Å²) in [6.07, 6.45) is -0.640. The first-order valence-corrected chi connectivity index (χ1v) is 5.89. The van der Waals surface area contributed by atoms with Crippen LogP contribution >= 0.6 is 0 Å². The summed E-state index contributed by atoms with van der Waals surface area (Å²) in [7, 11) is 0. The molecule has 0 saturated heterocycles. The molecule has 2 aromatic rings. The second-order valence-corrected chi connectivity index (χ2v) is 4.16. The van der Waals surface area contributed by atoms with E-state index in [4.69, 9.17) is 0 Å². The van der Waals surface area contributed by atoms with E-state index in [1.807, 2.05) is 0 Å². The molecule has 0 fully saturated rings. The first-order chi connectivity index (χ1) is 9.47. The topological polar surface area (TPSA) is 57.8 Å². The van der Waals surface area contributed by atoms with Crippen LogP contribution in [0.25, 0.3) is 0 Å². The summed E-state index contributed by atoms with van der Waals surface area (Å²) in [6.45, 7) is 0.377. The van der Waals surface area contributed by atoms with Gasteiger partial charge in [0.1, 0.15) is 0 Å². The molecule has 0 aliphatic rings. The van der Waals surface area contributed by atoms with Gasteiger partial charge in [0.2, 0.25) is 0 Å². The number of alkyl halides is 3. The van der Waals surface area contributed by atoms with Gasteiger partial charge in [0.05, 0.1) is 11.9 Å². The first-order valence-electron chi connectivity index (χ1n) is 5.89. The van der Waals surface area contributed by atoms with Crippen LogP contribution in [0, 0.1) is 0 Å². The van der Waals surface area contributed by atoms with Gasteiger partial charge in [0.25, 0.3) is 5.91 Å². The Morgan fingerprint density at radius 3 is 2.50 bits per heavy atom. The van der Waals surface area contributed by atoms with E-state index in [9.17, 15) is 18.0 Å². The maximum Gasteiger partial charge on any atom is 0.416 e. The summed E-state index contributed by atoms with van der Waals surface area (Å²) >= 11 is 0. The van der Waals surface area contributed by atoms with Gasteiger partial charge < -0.3 is 10.3 Å². The van der Waals surface area contributed by atoms with E-state index in [2.05, 4.69) is 15.3 Å². The molecule has 1 aromatic heterocycles. The number of nitrogens with one attached hydrogen (secondary N) is 2. The van der Waals surface area contributed by atoms with Crippen molar-refractivity contribution in [2.75, 3.05) is 6.54 Å². The molecule has 2 N–H and O–H groups in total. The summed E-state index contributed by atoms with van der Waals surface area (Å²) < 4.78 is 37.1. The number of amides is 1. The Morgan fingerprint density at radius 1 is 1.25 bits per heavy atom. The Hall–Kier alpha value is -2.31. The van der Waals surface area contributed by atoms with Crippen LogP contribution < -0.4 is 5.32 Å². The van der Waals surface area contributed by atoms with Gasteiger partial charge in [-0.25, -0.2) is 4.98 Å². The smallest absolute Gasteiger partial charge is 0.352 e. The van der Waals surface area contributed by atoms with Crippen LogP contribution in [0.2, 0.25) is 0 Å². The average molecular weight is 283 g/mol. The highest BCUT2D eigenvalue weighted by Gasteiger charge is 2.30. The zero-order valence-corrected chi connectivity index (χ0v) is 10.4. The third-order valence-electron chi connectivity index (χ3n) is 2.71. The Labute approximate surface area is 113 Å². The molecule has 0 aliphatic heterocycles. The normalized spacial score (nSPS) is 11.3. The lowest BCUT2D eigenvalue weighted by molar-refractivity contribution is -0.137. The van der Waals surface area contributed by atoms with Crippen LogP contribution in [-0.2, 0) is 12.6 Å². The van der Waals surface area contributed by atoms with E-state index in [1.54, 1.807) is 6.20 Å². The molecule has 0 radical (unpaired) electrons. The molecule has 0 spiro atoms. The third-order valence-corrected chi connectivity index (χ3v) is 2.71. The standard InChI is InChI=1S/C13H12F3N3O/c14-13(15,16)10-3-1-9(2-4-10)12(20)18-6-5-11-7-17-8-19-11/h1-4,7-8H,5-6H2,(H,17,19)(H,18,20). The molecular formula is C13H12F3N3O. The number of aromatic amines is 1. The minimum Gasteiger partial charge on any atom is -0.352 e. The highest BCUT2D eigenvalue weighted by molar-refractivity contribution is 5.94. The molecule has 0 saturated carbocycles. The number of nitrogens with zero attached hydrogens (tertiary/aromatic N) is 1. The average Bonchev–Trinajstić information content (AvgIpc) is 2.91. The predicted molar refractivity (Wildman–Crippen MR) is 66.1 cm³/mol. The number of H-pyrrole nitrogens is 1. The zero-order chi connectivity index (χ0) is 14.6. The van der Waals surface area contributed by atoms with Crippen LogP contribution in [0.1, 0.15) is 21.6 Å². The monoisotopic (exact) mass is 283 g/mol. The number of halogens is 3. The van der Waals surface area contributed by atoms with Crippen LogP contribution in [0.5, 0.6) is 0 Å². The van der Waals surface area contributed by atoms with Crippen molar-refractivity contribution in [2.24, 2.45) is 0 Å². The number of rotatable bonds is 4. The fourth-order valence-corrected chi connectivity index (χ4v) is 1.64. The van der Waals surface area contributed by atoms with Gasteiger partial charge in [0, 0.05) is 30.4 Å².